The number of sulfonamides is 1. The quantitative estimate of drug-likeness (QED) is 0.783. The molecule has 2 aromatic carbocycles. The first-order valence-corrected chi connectivity index (χ1v) is 10.1. The monoisotopic (exact) mass is 393 g/mol. The van der Waals surface area contributed by atoms with Gasteiger partial charge >= 0.3 is 0 Å². The highest BCUT2D eigenvalue weighted by atomic mass is 79.9. The Hall–Kier alpha value is -1.17. The lowest BCUT2D eigenvalue weighted by molar-refractivity contribution is 0.273. The molecule has 0 aromatic heterocycles. The summed E-state index contributed by atoms with van der Waals surface area (Å²) in [6.45, 7) is 1.21. The molecule has 0 spiro atoms. The Labute approximate surface area is 146 Å². The number of hydrogen-bond donors (Lipinski definition) is 0. The van der Waals surface area contributed by atoms with Gasteiger partial charge in [-0.2, -0.15) is 4.31 Å². The molecule has 122 valence electrons. The molecule has 5 heteroatoms. The lowest BCUT2D eigenvalue weighted by atomic mass is 9.91. The topological polar surface area (TPSA) is 37.4 Å². The van der Waals surface area contributed by atoms with Crippen molar-refractivity contribution in [3.8, 4) is 0 Å². The van der Waals surface area contributed by atoms with Gasteiger partial charge in [0.15, 0.2) is 0 Å². The summed E-state index contributed by atoms with van der Waals surface area (Å²) >= 11 is 3.34. The van der Waals surface area contributed by atoms with E-state index in [4.69, 9.17) is 0 Å². The summed E-state index contributed by atoms with van der Waals surface area (Å²) in [6.07, 6.45) is 2.88. The van der Waals surface area contributed by atoms with E-state index >= 15 is 0 Å². The predicted octanol–water partition coefficient (Wildman–Crippen LogP) is 4.09. The second kappa shape index (κ2) is 7.16. The van der Waals surface area contributed by atoms with Crippen molar-refractivity contribution < 1.29 is 8.42 Å². The molecule has 1 fully saturated rings. The molecule has 0 aliphatic carbocycles. The average molecular weight is 394 g/mol. The Morgan fingerprint density at radius 3 is 2.17 bits per heavy atom. The second-order valence-corrected chi connectivity index (χ2v) is 8.84. The Morgan fingerprint density at radius 2 is 1.57 bits per heavy atom. The summed E-state index contributed by atoms with van der Waals surface area (Å²) in [7, 11) is -3.36. The van der Waals surface area contributed by atoms with Gasteiger partial charge in [0.05, 0.1) is 4.90 Å². The zero-order valence-corrected chi connectivity index (χ0v) is 15.3. The third-order valence-corrected chi connectivity index (χ3v) is 6.83. The normalized spacial score (nSPS) is 17.3. The summed E-state index contributed by atoms with van der Waals surface area (Å²) in [6, 6.07) is 17.3. The number of halogens is 1. The van der Waals surface area contributed by atoms with Gasteiger partial charge in [0.25, 0.3) is 0 Å². The van der Waals surface area contributed by atoms with Gasteiger partial charge in [-0.1, -0.05) is 46.3 Å². The molecule has 3 nitrogen and oxygen atoms in total. The summed E-state index contributed by atoms with van der Waals surface area (Å²) in [5.41, 5.74) is 1.33. The molecule has 1 aliphatic heterocycles. The maximum Gasteiger partial charge on any atom is 0.243 e. The number of benzene rings is 2. The van der Waals surface area contributed by atoms with E-state index in [1.54, 1.807) is 28.6 Å². The Balaban J connectivity index is 1.63. The van der Waals surface area contributed by atoms with Gasteiger partial charge in [0.2, 0.25) is 10.0 Å². The van der Waals surface area contributed by atoms with E-state index in [0.29, 0.717) is 23.9 Å². The van der Waals surface area contributed by atoms with E-state index in [1.165, 1.54) is 5.56 Å². The van der Waals surface area contributed by atoms with Crippen LogP contribution in [0.1, 0.15) is 18.4 Å². The lowest BCUT2D eigenvalue weighted by Gasteiger charge is -2.31. The molecular formula is C18H20BrNO2S. The van der Waals surface area contributed by atoms with E-state index < -0.39 is 10.0 Å². The van der Waals surface area contributed by atoms with Crippen LogP contribution in [-0.2, 0) is 16.4 Å². The fourth-order valence-electron chi connectivity index (χ4n) is 3.06. The van der Waals surface area contributed by atoms with E-state index in [2.05, 4.69) is 40.2 Å². The first kappa shape index (κ1) is 16.7. The minimum atomic E-state index is -3.36. The first-order valence-electron chi connectivity index (χ1n) is 7.85. The molecule has 0 saturated carbocycles. The van der Waals surface area contributed by atoms with E-state index in [9.17, 15) is 8.42 Å². The zero-order valence-electron chi connectivity index (χ0n) is 12.9. The van der Waals surface area contributed by atoms with Crippen molar-refractivity contribution in [2.75, 3.05) is 13.1 Å². The SMILES string of the molecule is O=S(=O)(c1ccc(Br)cc1)N1CCC(Cc2ccccc2)CC1. The number of rotatable bonds is 4. The van der Waals surface area contributed by atoms with Gasteiger partial charge in [0, 0.05) is 17.6 Å². The Kier molecular flexibility index (Phi) is 5.19. The number of nitrogens with zero attached hydrogens (tertiary/aromatic N) is 1. The number of piperidine rings is 1. The van der Waals surface area contributed by atoms with Crippen LogP contribution in [0.2, 0.25) is 0 Å². The molecule has 3 rings (SSSR count). The Bertz CT molecular complexity index is 736. The molecule has 1 heterocycles. The van der Waals surface area contributed by atoms with Gasteiger partial charge < -0.3 is 0 Å². The van der Waals surface area contributed by atoms with Crippen LogP contribution in [-0.4, -0.2) is 25.8 Å². The van der Waals surface area contributed by atoms with Crippen molar-refractivity contribution in [1.82, 2.24) is 4.31 Å². The highest BCUT2D eigenvalue weighted by Gasteiger charge is 2.29. The van der Waals surface area contributed by atoms with Crippen molar-refractivity contribution in [3.05, 3.63) is 64.6 Å². The molecule has 0 amide bonds. The van der Waals surface area contributed by atoms with Gasteiger partial charge in [-0.05, 0) is 55.0 Å². The number of hydrogen-bond acceptors (Lipinski definition) is 2. The minimum absolute atomic E-state index is 0.377. The molecule has 1 aliphatic rings. The van der Waals surface area contributed by atoms with Crippen LogP contribution in [0.5, 0.6) is 0 Å². The summed E-state index contributed by atoms with van der Waals surface area (Å²) in [5, 5.41) is 0. The maximum absolute atomic E-state index is 12.7. The van der Waals surface area contributed by atoms with Gasteiger partial charge in [0.1, 0.15) is 0 Å². The smallest absolute Gasteiger partial charge is 0.207 e. The van der Waals surface area contributed by atoms with Gasteiger partial charge in [-0.25, -0.2) is 8.42 Å². The van der Waals surface area contributed by atoms with Crippen LogP contribution in [0.4, 0.5) is 0 Å². The Morgan fingerprint density at radius 1 is 0.957 bits per heavy atom. The van der Waals surface area contributed by atoms with E-state index in [0.717, 1.165) is 23.7 Å². The molecule has 2 aromatic rings. The molecular weight excluding hydrogens is 374 g/mol. The van der Waals surface area contributed by atoms with Crippen molar-refractivity contribution in [2.24, 2.45) is 5.92 Å². The lowest BCUT2D eigenvalue weighted by Crippen LogP contribution is -2.38. The first-order chi connectivity index (χ1) is 11.1. The largest absolute Gasteiger partial charge is 0.243 e. The predicted molar refractivity (Wildman–Crippen MR) is 95.8 cm³/mol. The standard InChI is InChI=1S/C18H20BrNO2S/c19-17-6-8-18(9-7-17)23(21,22)20-12-10-16(11-13-20)14-15-4-2-1-3-5-15/h1-9,16H,10-14H2. The van der Waals surface area contributed by atoms with Crippen molar-refractivity contribution in [3.63, 3.8) is 0 Å². The van der Waals surface area contributed by atoms with Gasteiger partial charge in [-0.3, -0.25) is 0 Å². The van der Waals surface area contributed by atoms with Crippen LogP contribution in [0.3, 0.4) is 0 Å². The highest BCUT2D eigenvalue weighted by Crippen LogP contribution is 2.26. The van der Waals surface area contributed by atoms with Crippen LogP contribution >= 0.6 is 15.9 Å². The average Bonchev–Trinajstić information content (AvgIpc) is 2.57. The molecule has 1 saturated heterocycles. The molecule has 0 radical (unpaired) electrons. The summed E-state index contributed by atoms with van der Waals surface area (Å²) in [4.78, 5) is 0.377. The van der Waals surface area contributed by atoms with Crippen molar-refractivity contribution >= 4 is 26.0 Å². The molecule has 0 N–H and O–H groups in total. The molecule has 0 unspecified atom stereocenters. The molecule has 0 atom stereocenters. The van der Waals surface area contributed by atoms with E-state index in [-0.39, 0.29) is 0 Å². The highest BCUT2D eigenvalue weighted by molar-refractivity contribution is 9.10. The van der Waals surface area contributed by atoms with Crippen LogP contribution < -0.4 is 0 Å². The molecule has 0 bridgehead atoms. The summed E-state index contributed by atoms with van der Waals surface area (Å²) in [5.74, 6) is 0.564. The van der Waals surface area contributed by atoms with Crippen molar-refractivity contribution in [1.29, 1.82) is 0 Å². The van der Waals surface area contributed by atoms with Crippen molar-refractivity contribution in [2.45, 2.75) is 24.2 Å². The summed E-state index contributed by atoms with van der Waals surface area (Å²) < 4.78 is 27.9. The zero-order chi connectivity index (χ0) is 16.3. The minimum Gasteiger partial charge on any atom is -0.207 e. The second-order valence-electron chi connectivity index (χ2n) is 5.99. The van der Waals surface area contributed by atoms with Crippen LogP contribution in [0, 0.1) is 5.92 Å². The molecule has 23 heavy (non-hydrogen) atoms. The van der Waals surface area contributed by atoms with Crippen LogP contribution in [0.15, 0.2) is 64.0 Å². The fraction of sp³-hybridized carbons (Fsp3) is 0.333. The van der Waals surface area contributed by atoms with E-state index in [1.807, 2.05) is 6.07 Å². The third-order valence-electron chi connectivity index (χ3n) is 4.39. The van der Waals surface area contributed by atoms with Gasteiger partial charge in [-0.15, -0.1) is 0 Å². The third kappa shape index (κ3) is 4.03. The maximum atomic E-state index is 12.7. The fourth-order valence-corrected chi connectivity index (χ4v) is 4.79. The van der Waals surface area contributed by atoms with Crippen LogP contribution in [0.25, 0.3) is 0 Å².